The van der Waals surface area contributed by atoms with Crippen molar-refractivity contribution in [3.8, 4) is 6.07 Å². The van der Waals surface area contributed by atoms with Crippen molar-refractivity contribution >= 4 is 5.97 Å². The molecule has 0 radical (unpaired) electrons. The first-order valence-corrected chi connectivity index (χ1v) is 3.47. The minimum Gasteiger partial charge on any atom is -0.476 e. The number of nitriles is 1. The molecule has 0 aliphatic carbocycles. The third-order valence-corrected chi connectivity index (χ3v) is 1.48. The third kappa shape index (κ3) is 1.82. The first kappa shape index (κ1) is 10.1. The number of hydrogen-bond donors (Lipinski definition) is 1. The van der Waals surface area contributed by atoms with Crippen LogP contribution in [0.5, 0.6) is 0 Å². The molecule has 0 spiro atoms. The summed E-state index contributed by atoms with van der Waals surface area (Å²) in [5.74, 6) is -1.41. The lowest BCUT2D eigenvalue weighted by Gasteiger charge is -2.01. The first-order chi connectivity index (χ1) is 6.56. The second-order valence-electron chi connectivity index (χ2n) is 2.38. The summed E-state index contributed by atoms with van der Waals surface area (Å²) in [4.78, 5) is 13.7. The van der Waals surface area contributed by atoms with Crippen LogP contribution in [0.15, 0.2) is 12.3 Å². The minimum atomic E-state index is -2.77. The van der Waals surface area contributed by atoms with Crippen molar-refractivity contribution in [3.63, 3.8) is 0 Å². The second kappa shape index (κ2) is 3.79. The predicted molar refractivity (Wildman–Crippen MR) is 40.9 cm³/mol. The molecular weight excluding hydrogens is 194 g/mol. The minimum absolute atomic E-state index is 0.365. The summed E-state index contributed by atoms with van der Waals surface area (Å²) in [6, 6.07) is 2.32. The van der Waals surface area contributed by atoms with E-state index >= 15 is 0 Å². The molecule has 1 aromatic heterocycles. The summed E-state index contributed by atoms with van der Waals surface area (Å²) in [7, 11) is 0. The molecule has 4 nitrogen and oxygen atoms in total. The van der Waals surface area contributed by atoms with Crippen LogP contribution in [0.4, 0.5) is 8.78 Å². The normalized spacial score (nSPS) is 9.86. The Labute approximate surface area is 77.4 Å². The van der Waals surface area contributed by atoms with Crippen LogP contribution in [-0.4, -0.2) is 16.1 Å². The second-order valence-corrected chi connectivity index (χ2v) is 2.38. The van der Waals surface area contributed by atoms with Crippen molar-refractivity contribution in [2.24, 2.45) is 0 Å². The Bertz CT molecular complexity index is 412. The zero-order valence-electron chi connectivity index (χ0n) is 6.74. The summed E-state index contributed by atoms with van der Waals surface area (Å²) in [6.07, 6.45) is -2.02. The topological polar surface area (TPSA) is 74.0 Å². The van der Waals surface area contributed by atoms with Gasteiger partial charge in [0, 0.05) is 11.8 Å². The SMILES string of the molecule is N#Cc1cc(C(F)F)cnc1C(=O)O. The highest BCUT2D eigenvalue weighted by molar-refractivity contribution is 5.88. The van der Waals surface area contributed by atoms with Gasteiger partial charge in [-0.05, 0) is 6.07 Å². The van der Waals surface area contributed by atoms with Gasteiger partial charge in [-0.25, -0.2) is 18.6 Å². The molecule has 14 heavy (non-hydrogen) atoms. The molecule has 0 aliphatic heterocycles. The van der Waals surface area contributed by atoms with Crippen molar-refractivity contribution in [2.75, 3.05) is 0 Å². The molecule has 1 rings (SSSR count). The quantitative estimate of drug-likeness (QED) is 0.782. The van der Waals surface area contributed by atoms with Gasteiger partial charge in [0.05, 0.1) is 5.56 Å². The van der Waals surface area contributed by atoms with Crippen LogP contribution in [0.25, 0.3) is 0 Å². The molecule has 0 aromatic carbocycles. The van der Waals surface area contributed by atoms with E-state index in [0.717, 1.165) is 12.3 Å². The van der Waals surface area contributed by atoms with Gasteiger partial charge in [-0.2, -0.15) is 5.26 Å². The number of aromatic nitrogens is 1. The van der Waals surface area contributed by atoms with E-state index in [1.807, 2.05) is 0 Å². The number of carboxylic acids is 1. The van der Waals surface area contributed by atoms with Crippen molar-refractivity contribution in [3.05, 3.63) is 29.1 Å². The van der Waals surface area contributed by atoms with Crippen LogP contribution in [0.1, 0.15) is 28.0 Å². The number of rotatable bonds is 2. The number of halogens is 2. The van der Waals surface area contributed by atoms with Gasteiger partial charge in [0.15, 0.2) is 5.69 Å². The Morgan fingerprint density at radius 2 is 2.29 bits per heavy atom. The molecular formula is C8H4F2N2O2. The Balaban J connectivity index is 3.27. The highest BCUT2D eigenvalue weighted by Gasteiger charge is 2.15. The van der Waals surface area contributed by atoms with Crippen molar-refractivity contribution in [2.45, 2.75) is 6.43 Å². The fourth-order valence-corrected chi connectivity index (χ4v) is 0.856. The van der Waals surface area contributed by atoms with Gasteiger partial charge < -0.3 is 5.11 Å². The number of hydrogen-bond acceptors (Lipinski definition) is 3. The summed E-state index contributed by atoms with van der Waals surface area (Å²) >= 11 is 0. The maximum absolute atomic E-state index is 12.1. The Morgan fingerprint density at radius 1 is 1.64 bits per heavy atom. The van der Waals surface area contributed by atoms with Gasteiger partial charge in [0.25, 0.3) is 6.43 Å². The maximum atomic E-state index is 12.1. The zero-order valence-corrected chi connectivity index (χ0v) is 6.74. The zero-order chi connectivity index (χ0) is 10.7. The lowest BCUT2D eigenvalue weighted by molar-refractivity contribution is 0.0689. The van der Waals surface area contributed by atoms with Crippen LogP contribution >= 0.6 is 0 Å². The van der Waals surface area contributed by atoms with Crippen molar-refractivity contribution < 1.29 is 18.7 Å². The first-order valence-electron chi connectivity index (χ1n) is 3.47. The molecule has 6 heteroatoms. The van der Waals surface area contributed by atoms with Crippen LogP contribution in [0.3, 0.4) is 0 Å². The summed E-state index contributed by atoms with van der Waals surface area (Å²) < 4.78 is 24.2. The van der Waals surface area contributed by atoms with E-state index in [1.165, 1.54) is 6.07 Å². The maximum Gasteiger partial charge on any atom is 0.355 e. The van der Waals surface area contributed by atoms with Crippen molar-refractivity contribution in [1.29, 1.82) is 5.26 Å². The number of nitrogens with zero attached hydrogens (tertiary/aromatic N) is 2. The monoisotopic (exact) mass is 198 g/mol. The lowest BCUT2D eigenvalue weighted by Crippen LogP contribution is -2.04. The fourth-order valence-electron chi connectivity index (χ4n) is 0.856. The number of alkyl halides is 2. The van der Waals surface area contributed by atoms with E-state index in [4.69, 9.17) is 10.4 Å². The summed E-state index contributed by atoms with van der Waals surface area (Å²) in [6.45, 7) is 0. The number of carbonyl (C=O) groups is 1. The molecule has 0 atom stereocenters. The van der Waals surface area contributed by atoms with Gasteiger partial charge in [0.2, 0.25) is 0 Å². The fraction of sp³-hybridized carbons (Fsp3) is 0.125. The number of carboxylic acid groups (broad SMARTS) is 1. The van der Waals surface area contributed by atoms with Gasteiger partial charge in [0.1, 0.15) is 6.07 Å². The molecule has 0 fully saturated rings. The Hall–Kier alpha value is -2.03. The molecule has 0 saturated heterocycles. The van der Waals surface area contributed by atoms with E-state index in [9.17, 15) is 13.6 Å². The molecule has 0 unspecified atom stereocenters. The van der Waals surface area contributed by atoms with E-state index in [-0.39, 0.29) is 5.56 Å². The van der Waals surface area contributed by atoms with Crippen LogP contribution in [0, 0.1) is 11.3 Å². The number of aromatic carboxylic acids is 1. The van der Waals surface area contributed by atoms with E-state index < -0.39 is 23.7 Å². The highest BCUT2D eigenvalue weighted by atomic mass is 19.3. The molecule has 0 bridgehead atoms. The average Bonchev–Trinajstić information content (AvgIpc) is 2.16. The molecule has 1 N–H and O–H groups in total. The molecule has 1 heterocycles. The number of pyridine rings is 1. The molecule has 72 valence electrons. The van der Waals surface area contributed by atoms with Gasteiger partial charge >= 0.3 is 5.97 Å². The molecule has 0 saturated carbocycles. The van der Waals surface area contributed by atoms with Crippen LogP contribution < -0.4 is 0 Å². The van der Waals surface area contributed by atoms with E-state index in [1.54, 1.807) is 0 Å². The Kier molecular flexibility index (Phi) is 2.72. The van der Waals surface area contributed by atoms with Gasteiger partial charge in [-0.1, -0.05) is 0 Å². The standard InChI is InChI=1S/C8H4F2N2O2/c9-7(10)5-1-4(2-11)6(8(13)14)12-3-5/h1,3,7H,(H,13,14). The van der Waals surface area contributed by atoms with Gasteiger partial charge in [-0.15, -0.1) is 0 Å². The van der Waals surface area contributed by atoms with Gasteiger partial charge in [-0.3, -0.25) is 0 Å². The summed E-state index contributed by atoms with van der Waals surface area (Å²) in [5.41, 5.74) is -1.35. The largest absolute Gasteiger partial charge is 0.476 e. The molecule has 0 aliphatic rings. The van der Waals surface area contributed by atoms with E-state index in [2.05, 4.69) is 4.98 Å². The van der Waals surface area contributed by atoms with Crippen LogP contribution in [-0.2, 0) is 0 Å². The Morgan fingerprint density at radius 3 is 2.71 bits per heavy atom. The van der Waals surface area contributed by atoms with Crippen LogP contribution in [0.2, 0.25) is 0 Å². The van der Waals surface area contributed by atoms with E-state index in [0.29, 0.717) is 0 Å². The van der Waals surface area contributed by atoms with Crippen molar-refractivity contribution in [1.82, 2.24) is 4.98 Å². The average molecular weight is 198 g/mol. The third-order valence-electron chi connectivity index (χ3n) is 1.48. The smallest absolute Gasteiger partial charge is 0.355 e. The molecule has 1 aromatic rings. The summed E-state index contributed by atoms with van der Waals surface area (Å²) in [5, 5.41) is 17.0. The highest BCUT2D eigenvalue weighted by Crippen LogP contribution is 2.19. The predicted octanol–water partition coefficient (Wildman–Crippen LogP) is 1.59. The lowest BCUT2D eigenvalue weighted by atomic mass is 10.1. The molecule has 0 amide bonds.